The molecule has 0 saturated carbocycles. The summed E-state index contributed by atoms with van der Waals surface area (Å²) in [5, 5.41) is 35.0. The van der Waals surface area contributed by atoms with Gasteiger partial charge in [-0.05, 0) is 18.4 Å². The highest BCUT2D eigenvalue weighted by atomic mass is 16.4. The van der Waals surface area contributed by atoms with Gasteiger partial charge in [-0.3, -0.25) is 19.2 Å². The van der Waals surface area contributed by atoms with Gasteiger partial charge in [0.2, 0.25) is 17.7 Å². The summed E-state index contributed by atoms with van der Waals surface area (Å²) in [5.74, 6) is -5.83. The van der Waals surface area contributed by atoms with Crippen molar-refractivity contribution < 1.29 is 39.3 Å². The molecule has 0 bridgehead atoms. The van der Waals surface area contributed by atoms with Crippen LogP contribution in [0.5, 0.6) is 0 Å². The van der Waals surface area contributed by atoms with E-state index in [-0.39, 0.29) is 6.42 Å². The van der Waals surface area contributed by atoms with E-state index in [0.29, 0.717) is 5.56 Å². The van der Waals surface area contributed by atoms with E-state index in [4.69, 9.17) is 10.8 Å². The summed E-state index contributed by atoms with van der Waals surface area (Å²) in [6.07, 6.45) is -2.09. The Morgan fingerprint density at radius 1 is 0.853 bits per heavy atom. The van der Waals surface area contributed by atoms with Crippen LogP contribution in [0.1, 0.15) is 32.8 Å². The molecule has 5 atom stereocenters. The summed E-state index contributed by atoms with van der Waals surface area (Å²) in [7, 11) is 0. The maximum atomic E-state index is 12.9. The van der Waals surface area contributed by atoms with Crippen molar-refractivity contribution in [1.82, 2.24) is 16.0 Å². The van der Waals surface area contributed by atoms with Gasteiger partial charge < -0.3 is 37.0 Å². The number of hydrogen-bond donors (Lipinski definition) is 7. The topological polar surface area (TPSA) is 208 Å². The van der Waals surface area contributed by atoms with Gasteiger partial charge in [0.1, 0.15) is 24.2 Å². The molecule has 0 aliphatic carbocycles. The van der Waals surface area contributed by atoms with Crippen molar-refractivity contribution in [1.29, 1.82) is 0 Å². The molecule has 1 aromatic rings. The molecule has 0 spiro atoms. The minimum Gasteiger partial charge on any atom is -0.481 e. The van der Waals surface area contributed by atoms with Gasteiger partial charge in [-0.15, -0.1) is 0 Å². The summed E-state index contributed by atoms with van der Waals surface area (Å²) in [6, 6.07) is 3.08. The smallest absolute Gasteiger partial charge is 0.326 e. The molecule has 5 unspecified atom stereocenters. The van der Waals surface area contributed by atoms with Gasteiger partial charge in [-0.1, -0.05) is 44.2 Å². The number of carboxylic acid groups (broad SMARTS) is 2. The third-order valence-corrected chi connectivity index (χ3v) is 4.98. The predicted octanol–water partition coefficient (Wildman–Crippen LogP) is -1.39. The van der Waals surface area contributed by atoms with Crippen LogP contribution >= 0.6 is 0 Å². The molecule has 0 aliphatic heterocycles. The molecule has 3 amide bonds. The van der Waals surface area contributed by atoms with E-state index >= 15 is 0 Å². The Hall–Kier alpha value is -3.51. The lowest BCUT2D eigenvalue weighted by Gasteiger charge is -2.26. The van der Waals surface area contributed by atoms with Gasteiger partial charge in [-0.2, -0.15) is 0 Å². The number of aliphatic hydroxyl groups excluding tert-OH is 1. The Labute approximate surface area is 196 Å². The van der Waals surface area contributed by atoms with Crippen LogP contribution < -0.4 is 21.7 Å². The first-order chi connectivity index (χ1) is 15.8. The average molecular weight is 481 g/mol. The quantitative estimate of drug-likeness (QED) is 0.177. The first-order valence-electron chi connectivity index (χ1n) is 10.7. The van der Waals surface area contributed by atoms with Gasteiger partial charge in [0.15, 0.2) is 0 Å². The summed E-state index contributed by atoms with van der Waals surface area (Å²) in [5.41, 5.74) is 6.19. The second-order valence-electron chi connectivity index (χ2n) is 8.24. The lowest BCUT2D eigenvalue weighted by atomic mass is 10.0. The summed E-state index contributed by atoms with van der Waals surface area (Å²) < 4.78 is 0. The normalized spacial score (nSPS) is 15.4. The Morgan fingerprint density at radius 2 is 1.38 bits per heavy atom. The highest BCUT2D eigenvalue weighted by Gasteiger charge is 2.32. The zero-order valence-corrected chi connectivity index (χ0v) is 19.2. The number of aliphatic carboxylic acids is 2. The number of rotatable bonds is 13. The van der Waals surface area contributed by atoms with Crippen molar-refractivity contribution in [3.8, 4) is 0 Å². The molecule has 1 rings (SSSR count). The third kappa shape index (κ3) is 9.16. The number of amides is 3. The molecule has 0 heterocycles. The van der Waals surface area contributed by atoms with Crippen LogP contribution in [0.4, 0.5) is 0 Å². The fourth-order valence-corrected chi connectivity index (χ4v) is 2.97. The van der Waals surface area contributed by atoms with Gasteiger partial charge >= 0.3 is 11.9 Å². The third-order valence-electron chi connectivity index (χ3n) is 4.98. The van der Waals surface area contributed by atoms with Crippen molar-refractivity contribution in [2.75, 3.05) is 0 Å². The molecule has 8 N–H and O–H groups in total. The molecular formula is C22H32N4O8. The Balaban J connectivity index is 3.14. The summed E-state index contributed by atoms with van der Waals surface area (Å²) in [4.78, 5) is 60.7. The van der Waals surface area contributed by atoms with Crippen molar-refractivity contribution in [3.63, 3.8) is 0 Å². The van der Waals surface area contributed by atoms with Crippen LogP contribution in [0.25, 0.3) is 0 Å². The highest BCUT2D eigenvalue weighted by Crippen LogP contribution is 2.08. The van der Waals surface area contributed by atoms with E-state index in [1.165, 1.54) is 6.92 Å². The number of aliphatic hydroxyl groups is 1. The Kier molecular flexibility index (Phi) is 11.1. The van der Waals surface area contributed by atoms with Gasteiger partial charge in [0.25, 0.3) is 0 Å². The van der Waals surface area contributed by atoms with Crippen molar-refractivity contribution in [2.45, 2.75) is 63.9 Å². The average Bonchev–Trinajstić information content (AvgIpc) is 2.75. The first-order valence-corrected chi connectivity index (χ1v) is 10.7. The minimum atomic E-state index is -1.60. The molecule has 12 nitrogen and oxygen atoms in total. The number of benzene rings is 1. The van der Waals surface area contributed by atoms with Crippen molar-refractivity contribution in [3.05, 3.63) is 35.9 Å². The van der Waals surface area contributed by atoms with Crippen LogP contribution in [0.3, 0.4) is 0 Å². The maximum absolute atomic E-state index is 12.9. The van der Waals surface area contributed by atoms with E-state index in [0.717, 1.165) is 0 Å². The van der Waals surface area contributed by atoms with E-state index in [1.54, 1.807) is 44.2 Å². The van der Waals surface area contributed by atoms with Crippen LogP contribution in [-0.2, 0) is 30.4 Å². The van der Waals surface area contributed by atoms with Gasteiger partial charge in [0.05, 0.1) is 12.5 Å². The van der Waals surface area contributed by atoms with Crippen LogP contribution in [0.15, 0.2) is 30.3 Å². The summed E-state index contributed by atoms with van der Waals surface area (Å²) >= 11 is 0. The number of hydrogen-bond acceptors (Lipinski definition) is 7. The standard InChI is InChI=1S/C22H32N4O8/c1-11(2)18(22(33)34)26-20(31)14(9-13-7-5-4-6-8-13)24-19(30)15(10-16(28)29)25-21(32)17(23)12(3)27/h4-8,11-12,14-15,17-18,27H,9-10,23H2,1-3H3,(H,24,30)(H,25,32)(H,26,31)(H,28,29)(H,33,34). The molecule has 0 aliphatic rings. The molecular weight excluding hydrogens is 448 g/mol. The van der Waals surface area contributed by atoms with Gasteiger partial charge in [0, 0.05) is 6.42 Å². The Morgan fingerprint density at radius 3 is 1.85 bits per heavy atom. The number of carbonyl (C=O) groups is 5. The molecule has 0 fully saturated rings. The molecule has 34 heavy (non-hydrogen) atoms. The van der Waals surface area contributed by atoms with Gasteiger partial charge in [-0.25, -0.2) is 4.79 Å². The van der Waals surface area contributed by atoms with E-state index < -0.39 is 72.3 Å². The first kappa shape index (κ1) is 28.5. The van der Waals surface area contributed by atoms with Crippen molar-refractivity contribution >= 4 is 29.7 Å². The lowest BCUT2D eigenvalue weighted by Crippen LogP contribution is -2.59. The number of nitrogens with two attached hydrogens (primary N) is 1. The van der Waals surface area contributed by atoms with Crippen LogP contribution in [-0.4, -0.2) is 75.3 Å². The zero-order valence-electron chi connectivity index (χ0n) is 19.2. The highest BCUT2D eigenvalue weighted by molar-refractivity contribution is 5.95. The second kappa shape index (κ2) is 13.3. The molecule has 1 aromatic carbocycles. The largest absolute Gasteiger partial charge is 0.481 e. The molecule has 188 valence electrons. The van der Waals surface area contributed by atoms with Crippen LogP contribution in [0, 0.1) is 5.92 Å². The van der Waals surface area contributed by atoms with E-state index in [2.05, 4.69) is 16.0 Å². The van der Waals surface area contributed by atoms with Crippen molar-refractivity contribution in [2.24, 2.45) is 11.7 Å². The lowest BCUT2D eigenvalue weighted by molar-refractivity contribution is -0.144. The predicted molar refractivity (Wildman–Crippen MR) is 120 cm³/mol. The minimum absolute atomic E-state index is 0.0240. The Bertz CT molecular complexity index is 875. The molecule has 0 saturated heterocycles. The second-order valence-corrected chi connectivity index (χ2v) is 8.24. The number of carboxylic acids is 2. The molecule has 0 aromatic heterocycles. The number of carbonyl (C=O) groups excluding carboxylic acids is 3. The SMILES string of the molecule is CC(C)C(NC(=O)C(Cc1ccccc1)NC(=O)C(CC(=O)O)NC(=O)C(N)C(C)O)C(=O)O. The maximum Gasteiger partial charge on any atom is 0.326 e. The summed E-state index contributed by atoms with van der Waals surface area (Å²) in [6.45, 7) is 4.46. The monoisotopic (exact) mass is 480 g/mol. The zero-order chi connectivity index (χ0) is 26.0. The van der Waals surface area contributed by atoms with E-state index in [9.17, 15) is 34.2 Å². The number of nitrogens with one attached hydrogen (secondary N) is 3. The molecule has 12 heteroatoms. The fraction of sp³-hybridized carbons (Fsp3) is 0.500. The fourth-order valence-electron chi connectivity index (χ4n) is 2.97. The molecule has 0 radical (unpaired) electrons. The van der Waals surface area contributed by atoms with E-state index in [1.807, 2.05) is 0 Å². The van der Waals surface area contributed by atoms with Crippen LogP contribution in [0.2, 0.25) is 0 Å².